The Morgan fingerprint density at radius 2 is 2.07 bits per heavy atom. The molecule has 15 heavy (non-hydrogen) atoms. The van der Waals surface area contributed by atoms with E-state index in [0.717, 1.165) is 0 Å². The number of Topliss-reactive ketones (excluding diaryl/α,β-unsaturated/α-hetero) is 1. The Balaban J connectivity index is 3.37. The number of halogens is 1. The minimum atomic E-state index is -0.596. The van der Waals surface area contributed by atoms with Crippen molar-refractivity contribution < 1.29 is 9.72 Å². The van der Waals surface area contributed by atoms with Crippen LogP contribution in [0.1, 0.15) is 24.2 Å². The molecule has 0 radical (unpaired) electrons. The molecule has 4 nitrogen and oxygen atoms in total. The van der Waals surface area contributed by atoms with E-state index in [9.17, 15) is 14.9 Å². The minimum absolute atomic E-state index is 0.000772. The van der Waals surface area contributed by atoms with Crippen LogP contribution in [0.25, 0.3) is 0 Å². The lowest BCUT2D eigenvalue weighted by Gasteiger charge is -2.06. The number of rotatable bonds is 3. The Morgan fingerprint density at radius 1 is 1.47 bits per heavy atom. The van der Waals surface area contributed by atoms with Crippen LogP contribution < -0.4 is 0 Å². The molecule has 0 aliphatic rings. The molecule has 0 heterocycles. The average molecular weight is 228 g/mol. The number of hydrogen-bond acceptors (Lipinski definition) is 3. The van der Waals surface area contributed by atoms with Crippen molar-refractivity contribution in [1.29, 1.82) is 0 Å². The van der Waals surface area contributed by atoms with E-state index in [1.807, 2.05) is 0 Å². The second kappa shape index (κ2) is 4.40. The van der Waals surface area contributed by atoms with Crippen molar-refractivity contribution in [3.05, 3.63) is 38.9 Å². The fourth-order valence-corrected chi connectivity index (χ4v) is 1.46. The molecule has 0 spiro atoms. The van der Waals surface area contributed by atoms with Crippen LogP contribution >= 0.6 is 11.6 Å². The first-order valence-corrected chi connectivity index (χ1v) is 4.80. The van der Waals surface area contributed by atoms with Crippen molar-refractivity contribution in [1.82, 2.24) is 0 Å². The number of nitro benzene ring substituents is 1. The molecule has 0 amide bonds. The van der Waals surface area contributed by atoms with E-state index in [0.29, 0.717) is 0 Å². The zero-order chi connectivity index (χ0) is 11.6. The number of carbonyl (C=O) groups is 1. The van der Waals surface area contributed by atoms with E-state index < -0.39 is 4.92 Å². The highest BCUT2D eigenvalue weighted by atomic mass is 35.5. The normalized spacial score (nSPS) is 10.4. The number of benzene rings is 1. The summed E-state index contributed by atoms with van der Waals surface area (Å²) >= 11 is 5.79. The molecule has 1 aromatic carbocycles. The second-order valence-electron chi connectivity index (χ2n) is 3.41. The van der Waals surface area contributed by atoms with Gasteiger partial charge in [0.05, 0.1) is 9.95 Å². The van der Waals surface area contributed by atoms with Gasteiger partial charge in [-0.25, -0.2) is 0 Å². The van der Waals surface area contributed by atoms with Crippen LogP contribution in [-0.2, 0) is 0 Å². The molecule has 0 saturated heterocycles. The summed E-state index contributed by atoms with van der Waals surface area (Å²) in [6.45, 7) is 3.35. The van der Waals surface area contributed by atoms with E-state index in [1.165, 1.54) is 18.2 Å². The second-order valence-corrected chi connectivity index (χ2v) is 3.82. The maximum Gasteiger partial charge on any atom is 0.281 e. The molecule has 0 unspecified atom stereocenters. The Bertz CT molecular complexity index is 415. The van der Waals surface area contributed by atoms with Crippen LogP contribution in [0.3, 0.4) is 0 Å². The maximum atomic E-state index is 11.7. The standard InChI is InChI=1S/C10H10ClNO3/c1-6(2)10(13)9-7(11)4-3-5-8(9)12(14)15/h3-6H,1-2H3. The quantitative estimate of drug-likeness (QED) is 0.453. The van der Waals surface area contributed by atoms with Gasteiger partial charge in [0.1, 0.15) is 5.56 Å². The summed E-state index contributed by atoms with van der Waals surface area (Å²) < 4.78 is 0. The molecule has 0 aliphatic carbocycles. The molecule has 0 fully saturated rings. The number of nitro groups is 1. The van der Waals surface area contributed by atoms with Crippen LogP contribution in [0.15, 0.2) is 18.2 Å². The van der Waals surface area contributed by atoms with Gasteiger partial charge in [-0.2, -0.15) is 0 Å². The summed E-state index contributed by atoms with van der Waals surface area (Å²) in [5, 5.41) is 10.8. The first-order valence-electron chi connectivity index (χ1n) is 4.42. The number of nitrogens with zero attached hydrogens (tertiary/aromatic N) is 1. The predicted octanol–water partition coefficient (Wildman–Crippen LogP) is 3.09. The van der Waals surface area contributed by atoms with E-state index in [4.69, 9.17) is 11.6 Å². The summed E-state index contributed by atoms with van der Waals surface area (Å²) in [4.78, 5) is 21.8. The van der Waals surface area contributed by atoms with Crippen molar-refractivity contribution in [2.75, 3.05) is 0 Å². The number of ketones is 1. The summed E-state index contributed by atoms with van der Waals surface area (Å²) in [6, 6.07) is 4.21. The van der Waals surface area contributed by atoms with Crippen molar-refractivity contribution >= 4 is 23.1 Å². The highest BCUT2D eigenvalue weighted by Gasteiger charge is 2.24. The zero-order valence-electron chi connectivity index (χ0n) is 8.36. The van der Waals surface area contributed by atoms with Crippen molar-refractivity contribution in [3.63, 3.8) is 0 Å². The van der Waals surface area contributed by atoms with Gasteiger partial charge in [-0.05, 0) is 6.07 Å². The molecule has 0 saturated carbocycles. The summed E-state index contributed by atoms with van der Waals surface area (Å²) in [6.07, 6.45) is 0. The molecule has 0 atom stereocenters. The van der Waals surface area contributed by atoms with Crippen LogP contribution in [0, 0.1) is 16.0 Å². The van der Waals surface area contributed by atoms with Gasteiger partial charge in [-0.1, -0.05) is 31.5 Å². The summed E-state index contributed by atoms with van der Waals surface area (Å²) in [7, 11) is 0. The third-order valence-corrected chi connectivity index (χ3v) is 2.27. The third-order valence-electron chi connectivity index (χ3n) is 1.96. The molecule has 0 N–H and O–H groups in total. The Labute approximate surface area is 92.0 Å². The van der Waals surface area contributed by atoms with Crippen molar-refractivity contribution in [3.8, 4) is 0 Å². The SMILES string of the molecule is CC(C)C(=O)c1c(Cl)cccc1[N+](=O)[O-]. The van der Waals surface area contributed by atoms with E-state index in [2.05, 4.69) is 0 Å². The molecule has 80 valence electrons. The van der Waals surface area contributed by atoms with Gasteiger partial charge in [-0.3, -0.25) is 14.9 Å². The predicted molar refractivity (Wildman–Crippen MR) is 57.3 cm³/mol. The zero-order valence-corrected chi connectivity index (χ0v) is 9.12. The summed E-state index contributed by atoms with van der Waals surface area (Å²) in [5.74, 6) is -0.629. The molecule has 0 bridgehead atoms. The van der Waals surface area contributed by atoms with E-state index in [1.54, 1.807) is 13.8 Å². The number of hydrogen-bond donors (Lipinski definition) is 0. The molecular formula is C10H10ClNO3. The highest BCUT2D eigenvalue weighted by molar-refractivity contribution is 6.34. The fourth-order valence-electron chi connectivity index (χ4n) is 1.20. The summed E-state index contributed by atoms with van der Waals surface area (Å²) in [5.41, 5.74) is -0.236. The Hall–Kier alpha value is -1.42. The van der Waals surface area contributed by atoms with Crippen molar-refractivity contribution in [2.24, 2.45) is 5.92 Å². The van der Waals surface area contributed by atoms with Gasteiger partial charge in [0.2, 0.25) is 0 Å². The van der Waals surface area contributed by atoms with Crippen LogP contribution in [0.4, 0.5) is 5.69 Å². The van der Waals surface area contributed by atoms with Crippen molar-refractivity contribution in [2.45, 2.75) is 13.8 Å². The van der Waals surface area contributed by atoms with Crippen LogP contribution in [0.2, 0.25) is 5.02 Å². The van der Waals surface area contributed by atoms with Crippen LogP contribution in [-0.4, -0.2) is 10.7 Å². The molecular weight excluding hydrogens is 218 g/mol. The molecule has 1 rings (SSSR count). The van der Waals surface area contributed by atoms with Gasteiger partial charge in [0.25, 0.3) is 5.69 Å². The lowest BCUT2D eigenvalue weighted by atomic mass is 9.99. The monoisotopic (exact) mass is 227 g/mol. The van der Waals surface area contributed by atoms with Gasteiger partial charge in [0, 0.05) is 12.0 Å². The smallest absolute Gasteiger partial charge is 0.281 e. The number of carbonyl (C=O) groups excluding carboxylic acids is 1. The largest absolute Gasteiger partial charge is 0.294 e. The molecule has 0 aliphatic heterocycles. The third kappa shape index (κ3) is 2.33. The Kier molecular flexibility index (Phi) is 3.42. The minimum Gasteiger partial charge on any atom is -0.294 e. The topological polar surface area (TPSA) is 60.2 Å². The molecule has 0 aromatic heterocycles. The van der Waals surface area contributed by atoms with Gasteiger partial charge >= 0.3 is 0 Å². The average Bonchev–Trinajstić information content (AvgIpc) is 2.16. The highest BCUT2D eigenvalue weighted by Crippen LogP contribution is 2.28. The first-order chi connectivity index (χ1) is 6.95. The maximum absolute atomic E-state index is 11.7. The van der Waals surface area contributed by atoms with Crippen LogP contribution in [0.5, 0.6) is 0 Å². The Morgan fingerprint density at radius 3 is 2.53 bits per heavy atom. The lowest BCUT2D eigenvalue weighted by molar-refractivity contribution is -0.385. The van der Waals surface area contributed by atoms with E-state index >= 15 is 0 Å². The first kappa shape index (κ1) is 11.7. The lowest BCUT2D eigenvalue weighted by Crippen LogP contribution is -2.10. The van der Waals surface area contributed by atoms with Gasteiger partial charge in [-0.15, -0.1) is 0 Å². The van der Waals surface area contributed by atoms with Gasteiger partial charge in [0.15, 0.2) is 5.78 Å². The fraction of sp³-hybridized carbons (Fsp3) is 0.300. The van der Waals surface area contributed by atoms with E-state index in [-0.39, 0.29) is 28.0 Å². The molecule has 1 aromatic rings. The molecule has 5 heteroatoms. The van der Waals surface area contributed by atoms with Gasteiger partial charge < -0.3 is 0 Å².